The van der Waals surface area contributed by atoms with Gasteiger partial charge in [-0.15, -0.1) is 0 Å². The first-order valence-electron chi connectivity index (χ1n) is 10.5. The summed E-state index contributed by atoms with van der Waals surface area (Å²) in [6.45, 7) is 10.1. The second-order valence-corrected chi connectivity index (χ2v) is 10.1. The van der Waals surface area contributed by atoms with Crippen LogP contribution >= 0.6 is 7.60 Å². The molecule has 0 aromatic rings. The maximum atomic E-state index is 11.4. The first kappa shape index (κ1) is 21.7. The van der Waals surface area contributed by atoms with Gasteiger partial charge in [0.2, 0.25) is 0 Å². The largest absolute Gasteiger partial charge is 0.393 e. The van der Waals surface area contributed by atoms with Gasteiger partial charge >= 0.3 is 7.60 Å². The lowest BCUT2D eigenvalue weighted by atomic mass is 9.86. The zero-order chi connectivity index (χ0) is 19.3. The fourth-order valence-electron chi connectivity index (χ4n) is 4.63. The predicted octanol–water partition coefficient (Wildman–Crippen LogP) is -0.0921. The summed E-state index contributed by atoms with van der Waals surface area (Å²) in [6.07, 6.45) is 4.21. The highest BCUT2D eigenvalue weighted by molar-refractivity contribution is 7.51. The zero-order valence-electron chi connectivity index (χ0n) is 16.5. The second kappa shape index (κ2) is 10.1. The monoisotopic (exact) mass is 404 g/mol. The zero-order valence-corrected chi connectivity index (χ0v) is 17.3. The van der Waals surface area contributed by atoms with E-state index in [4.69, 9.17) is 0 Å². The quantitative estimate of drug-likeness (QED) is 0.560. The number of fused-ring (bicyclic) bond motifs is 3. The molecule has 2 heterocycles. The van der Waals surface area contributed by atoms with E-state index in [0.717, 1.165) is 78.2 Å². The molecular weight excluding hydrogens is 367 g/mol. The van der Waals surface area contributed by atoms with Crippen molar-refractivity contribution in [2.75, 3.05) is 78.3 Å². The maximum absolute atomic E-state index is 11.4. The number of nitrogens with zero attached hydrogens (tertiary/aromatic N) is 4. The molecule has 158 valence electrons. The van der Waals surface area contributed by atoms with Gasteiger partial charge in [0.25, 0.3) is 0 Å². The van der Waals surface area contributed by atoms with Crippen molar-refractivity contribution in [3.63, 3.8) is 0 Å². The van der Waals surface area contributed by atoms with Crippen molar-refractivity contribution in [3.8, 4) is 0 Å². The molecule has 0 amide bonds. The Morgan fingerprint density at radius 2 is 1.22 bits per heavy atom. The average molecular weight is 404 g/mol. The van der Waals surface area contributed by atoms with Crippen molar-refractivity contribution in [1.29, 1.82) is 0 Å². The van der Waals surface area contributed by atoms with E-state index in [1.807, 2.05) is 4.90 Å². The Labute approximate surface area is 163 Å². The molecule has 1 saturated carbocycles. The van der Waals surface area contributed by atoms with E-state index in [1.54, 1.807) is 0 Å². The lowest BCUT2D eigenvalue weighted by Gasteiger charge is -2.34. The van der Waals surface area contributed by atoms with E-state index >= 15 is 0 Å². The van der Waals surface area contributed by atoms with Crippen LogP contribution in [0.15, 0.2) is 0 Å². The van der Waals surface area contributed by atoms with Crippen molar-refractivity contribution >= 4 is 7.60 Å². The highest BCUT2D eigenvalue weighted by Crippen LogP contribution is 2.35. The van der Waals surface area contributed by atoms with Crippen LogP contribution in [-0.4, -0.2) is 119 Å². The van der Waals surface area contributed by atoms with Gasteiger partial charge in [-0.25, -0.2) is 0 Å². The second-order valence-electron chi connectivity index (χ2n) is 8.52. The van der Waals surface area contributed by atoms with Gasteiger partial charge < -0.3 is 19.8 Å². The van der Waals surface area contributed by atoms with Crippen LogP contribution in [0.1, 0.15) is 25.7 Å². The predicted molar refractivity (Wildman–Crippen MR) is 106 cm³/mol. The van der Waals surface area contributed by atoms with Gasteiger partial charge in [-0.05, 0) is 18.8 Å². The molecule has 3 rings (SSSR count). The minimum absolute atomic E-state index is 0.139. The summed E-state index contributed by atoms with van der Waals surface area (Å²) in [5.74, 6) is 0.410. The first-order chi connectivity index (χ1) is 12.9. The third kappa shape index (κ3) is 7.37. The highest BCUT2D eigenvalue weighted by Gasteiger charge is 2.27. The molecule has 0 aromatic carbocycles. The molecule has 3 aliphatic rings. The number of aliphatic hydroxyl groups is 1. The van der Waals surface area contributed by atoms with Crippen LogP contribution in [0.5, 0.6) is 0 Å². The minimum atomic E-state index is -4.01. The Balaban J connectivity index is 1.58. The summed E-state index contributed by atoms with van der Waals surface area (Å²) < 4.78 is 11.4. The van der Waals surface area contributed by atoms with Crippen molar-refractivity contribution in [2.45, 2.75) is 31.8 Å². The van der Waals surface area contributed by atoms with E-state index < -0.39 is 7.60 Å². The van der Waals surface area contributed by atoms with Gasteiger partial charge in [-0.1, -0.05) is 12.8 Å². The van der Waals surface area contributed by atoms with Crippen LogP contribution in [0, 0.1) is 5.92 Å². The summed E-state index contributed by atoms with van der Waals surface area (Å²) in [7, 11) is -4.01. The Hall–Kier alpha value is -0.0500. The summed E-state index contributed by atoms with van der Waals surface area (Å²) in [5.41, 5.74) is 0. The molecule has 2 bridgehead atoms. The van der Waals surface area contributed by atoms with Gasteiger partial charge in [0, 0.05) is 72.0 Å². The summed E-state index contributed by atoms with van der Waals surface area (Å²) in [4.78, 5) is 28.0. The van der Waals surface area contributed by atoms with E-state index in [1.165, 1.54) is 6.42 Å². The average Bonchev–Trinajstić information content (AvgIpc) is 2.75. The fraction of sp³-hybridized carbons (Fsp3) is 1.00. The molecule has 8 nitrogen and oxygen atoms in total. The SMILES string of the molecule is O=P(O)(O)CN1CCN2CCN(CCN(CC3CCCCC3O)CC2)CC1. The van der Waals surface area contributed by atoms with Crippen molar-refractivity contribution in [3.05, 3.63) is 0 Å². The molecule has 2 aliphatic heterocycles. The highest BCUT2D eigenvalue weighted by atomic mass is 31.2. The molecule has 9 heteroatoms. The van der Waals surface area contributed by atoms with E-state index in [-0.39, 0.29) is 12.4 Å². The molecule has 4 atom stereocenters. The Morgan fingerprint density at radius 3 is 1.74 bits per heavy atom. The van der Waals surface area contributed by atoms with Gasteiger partial charge in [-0.3, -0.25) is 19.3 Å². The van der Waals surface area contributed by atoms with Gasteiger partial charge in [0.1, 0.15) is 6.29 Å². The van der Waals surface area contributed by atoms with Crippen LogP contribution in [0.3, 0.4) is 0 Å². The standard InChI is InChI=1S/C18H37N4O4P/c23-18-4-2-1-3-17(18)15-21-11-7-19-5-6-20(8-12-21)10-14-22(13-9-19)16-27(24,25)26/h17-18,23H,1-16H2,(H2,24,25,26). The Bertz CT molecular complexity index is 486. The molecule has 0 spiro atoms. The lowest BCUT2D eigenvalue weighted by Crippen LogP contribution is -2.44. The van der Waals surface area contributed by atoms with Crippen LogP contribution in [0.2, 0.25) is 0 Å². The van der Waals surface area contributed by atoms with Crippen molar-refractivity contribution in [2.24, 2.45) is 5.92 Å². The number of aliphatic hydroxyl groups excluding tert-OH is 1. The van der Waals surface area contributed by atoms with E-state index in [9.17, 15) is 19.5 Å². The topological polar surface area (TPSA) is 90.7 Å². The summed E-state index contributed by atoms with van der Waals surface area (Å²) in [6, 6.07) is 0. The van der Waals surface area contributed by atoms with Gasteiger partial charge in [-0.2, -0.15) is 0 Å². The van der Waals surface area contributed by atoms with E-state index in [0.29, 0.717) is 19.0 Å². The molecule has 0 radical (unpaired) electrons. The fourth-order valence-corrected chi connectivity index (χ4v) is 5.43. The molecule has 1 aliphatic carbocycles. The number of hydrogen-bond acceptors (Lipinski definition) is 6. The normalized spacial score (nSPS) is 35.5. The summed E-state index contributed by atoms with van der Waals surface area (Å²) >= 11 is 0. The van der Waals surface area contributed by atoms with Crippen LogP contribution in [0.4, 0.5) is 0 Å². The first-order valence-corrected chi connectivity index (χ1v) is 12.3. The number of rotatable bonds is 4. The van der Waals surface area contributed by atoms with Gasteiger partial charge in [0.05, 0.1) is 6.10 Å². The minimum Gasteiger partial charge on any atom is -0.393 e. The number of hydrogen-bond donors (Lipinski definition) is 3. The molecule has 3 fully saturated rings. The molecule has 4 unspecified atom stereocenters. The molecule has 2 saturated heterocycles. The molecular formula is C18H37N4O4P. The summed E-state index contributed by atoms with van der Waals surface area (Å²) in [5, 5.41) is 10.3. The maximum Gasteiger partial charge on any atom is 0.339 e. The third-order valence-corrected chi connectivity index (χ3v) is 7.18. The Morgan fingerprint density at radius 1 is 0.741 bits per heavy atom. The van der Waals surface area contributed by atoms with Crippen LogP contribution < -0.4 is 0 Å². The Kier molecular flexibility index (Phi) is 8.12. The van der Waals surface area contributed by atoms with Crippen LogP contribution in [0.25, 0.3) is 0 Å². The molecule has 27 heavy (non-hydrogen) atoms. The smallest absolute Gasteiger partial charge is 0.339 e. The molecule has 3 N–H and O–H groups in total. The van der Waals surface area contributed by atoms with Crippen molar-refractivity contribution in [1.82, 2.24) is 19.6 Å². The lowest BCUT2D eigenvalue weighted by molar-refractivity contribution is 0.0433. The third-order valence-electron chi connectivity index (χ3n) is 6.41. The van der Waals surface area contributed by atoms with Crippen LogP contribution in [-0.2, 0) is 4.57 Å². The molecule has 0 aromatic heterocycles. The van der Waals surface area contributed by atoms with Crippen molar-refractivity contribution < 1.29 is 19.5 Å². The van der Waals surface area contributed by atoms with Gasteiger partial charge in [0.15, 0.2) is 0 Å². The van der Waals surface area contributed by atoms with E-state index in [2.05, 4.69) is 14.7 Å².